The van der Waals surface area contributed by atoms with Crippen LogP contribution in [-0.4, -0.2) is 41.5 Å². The van der Waals surface area contributed by atoms with Gasteiger partial charge in [-0.15, -0.1) is 5.10 Å². The second-order valence-electron chi connectivity index (χ2n) is 7.07. The Morgan fingerprint density at radius 1 is 0.897 bits per heavy atom. The van der Waals surface area contributed by atoms with E-state index in [1.807, 2.05) is 42.5 Å². The van der Waals surface area contributed by atoms with E-state index in [-0.39, 0.29) is 5.54 Å². The summed E-state index contributed by atoms with van der Waals surface area (Å²) in [4.78, 5) is 0. The van der Waals surface area contributed by atoms with E-state index in [0.717, 1.165) is 48.6 Å². The van der Waals surface area contributed by atoms with Crippen molar-refractivity contribution in [2.75, 3.05) is 26.6 Å². The minimum Gasteiger partial charge on any atom is -0.495 e. The standard InChI is InChI=1S/C21H25N5O3/c1-27-17-9-5-4-8-16(17)22-21(12-6-7-13-21)20-23-24-25-26(20)15-10-11-18(28-2)19(14-15)29-3/h4-5,8-11,14,22H,6-7,12-13H2,1-3H3. The molecule has 0 unspecified atom stereocenters. The van der Waals surface area contributed by atoms with Gasteiger partial charge in [-0.1, -0.05) is 25.0 Å². The molecule has 2 aromatic carbocycles. The zero-order valence-corrected chi connectivity index (χ0v) is 16.9. The number of nitrogens with zero attached hydrogens (tertiary/aromatic N) is 4. The first-order chi connectivity index (χ1) is 14.2. The smallest absolute Gasteiger partial charge is 0.181 e. The summed E-state index contributed by atoms with van der Waals surface area (Å²) in [6, 6.07) is 13.6. The second kappa shape index (κ2) is 7.98. The molecule has 1 aromatic heterocycles. The van der Waals surface area contributed by atoms with E-state index in [2.05, 4.69) is 20.8 Å². The lowest BCUT2D eigenvalue weighted by molar-refractivity contribution is 0.354. The maximum atomic E-state index is 5.54. The molecule has 0 amide bonds. The summed E-state index contributed by atoms with van der Waals surface area (Å²) in [6.45, 7) is 0. The van der Waals surface area contributed by atoms with Gasteiger partial charge in [0.1, 0.15) is 5.75 Å². The number of rotatable bonds is 7. The summed E-state index contributed by atoms with van der Waals surface area (Å²) < 4.78 is 18.1. The van der Waals surface area contributed by atoms with Crippen LogP contribution in [0.5, 0.6) is 17.2 Å². The number of nitrogens with one attached hydrogen (secondary N) is 1. The summed E-state index contributed by atoms with van der Waals surface area (Å²) in [5, 5.41) is 16.4. The summed E-state index contributed by atoms with van der Waals surface area (Å²) >= 11 is 0. The van der Waals surface area contributed by atoms with Crippen LogP contribution in [0, 0.1) is 0 Å². The van der Waals surface area contributed by atoms with E-state index >= 15 is 0 Å². The second-order valence-corrected chi connectivity index (χ2v) is 7.07. The SMILES string of the molecule is COc1ccccc1NC1(c2nnnn2-c2ccc(OC)c(OC)c2)CCCC1. The molecule has 0 saturated heterocycles. The third-order valence-corrected chi connectivity index (χ3v) is 5.45. The van der Waals surface area contributed by atoms with Crippen LogP contribution in [0.25, 0.3) is 5.69 Å². The molecule has 8 nitrogen and oxygen atoms in total. The molecule has 1 N–H and O–H groups in total. The number of methoxy groups -OCH3 is 3. The zero-order valence-electron chi connectivity index (χ0n) is 16.9. The summed E-state index contributed by atoms with van der Waals surface area (Å²) in [7, 11) is 4.91. The molecule has 0 atom stereocenters. The van der Waals surface area contributed by atoms with Crippen LogP contribution in [0.1, 0.15) is 31.5 Å². The number of tetrazole rings is 1. The fourth-order valence-corrected chi connectivity index (χ4v) is 4.00. The van der Waals surface area contributed by atoms with Crippen LogP contribution in [0.4, 0.5) is 5.69 Å². The maximum absolute atomic E-state index is 5.54. The van der Waals surface area contributed by atoms with Gasteiger partial charge in [0.05, 0.1) is 38.2 Å². The maximum Gasteiger partial charge on any atom is 0.181 e. The molecule has 0 aliphatic heterocycles. The molecule has 1 aliphatic rings. The van der Waals surface area contributed by atoms with Crippen LogP contribution in [0.2, 0.25) is 0 Å². The number of hydrogen-bond donors (Lipinski definition) is 1. The predicted molar refractivity (Wildman–Crippen MR) is 109 cm³/mol. The Kier molecular flexibility index (Phi) is 5.24. The average molecular weight is 395 g/mol. The molecule has 0 spiro atoms. The molecule has 4 rings (SSSR count). The highest BCUT2D eigenvalue weighted by Crippen LogP contribution is 2.43. The fourth-order valence-electron chi connectivity index (χ4n) is 4.00. The summed E-state index contributed by atoms with van der Waals surface area (Å²) in [5.41, 5.74) is 1.36. The van der Waals surface area contributed by atoms with Crippen molar-refractivity contribution in [2.24, 2.45) is 0 Å². The Balaban J connectivity index is 1.76. The summed E-state index contributed by atoms with van der Waals surface area (Å²) in [6.07, 6.45) is 4.05. The number of anilines is 1. The van der Waals surface area contributed by atoms with Gasteiger partial charge in [0.2, 0.25) is 0 Å². The van der Waals surface area contributed by atoms with Gasteiger partial charge in [-0.05, 0) is 47.5 Å². The molecule has 1 aliphatic carbocycles. The van der Waals surface area contributed by atoms with E-state index in [0.29, 0.717) is 11.5 Å². The minimum atomic E-state index is -0.384. The van der Waals surface area contributed by atoms with E-state index in [4.69, 9.17) is 14.2 Å². The molecular weight excluding hydrogens is 370 g/mol. The van der Waals surface area contributed by atoms with Crippen LogP contribution < -0.4 is 19.5 Å². The third kappa shape index (κ3) is 3.46. The molecule has 1 heterocycles. The van der Waals surface area contributed by atoms with Gasteiger partial charge in [-0.3, -0.25) is 0 Å². The van der Waals surface area contributed by atoms with Gasteiger partial charge in [0, 0.05) is 6.07 Å². The Bertz CT molecular complexity index is 982. The number of hydrogen-bond acceptors (Lipinski definition) is 7. The molecular formula is C21H25N5O3. The molecule has 152 valence electrons. The van der Waals surface area contributed by atoms with E-state index in [1.54, 1.807) is 26.0 Å². The molecule has 1 fully saturated rings. The van der Waals surface area contributed by atoms with E-state index in [1.165, 1.54) is 0 Å². The zero-order chi connectivity index (χ0) is 20.3. The Labute approximate surface area is 169 Å². The fraction of sp³-hybridized carbons (Fsp3) is 0.381. The highest BCUT2D eigenvalue weighted by atomic mass is 16.5. The lowest BCUT2D eigenvalue weighted by Gasteiger charge is -2.31. The van der Waals surface area contributed by atoms with Crippen molar-refractivity contribution in [3.63, 3.8) is 0 Å². The summed E-state index contributed by atoms with van der Waals surface area (Å²) in [5.74, 6) is 2.86. The topological polar surface area (TPSA) is 83.3 Å². The predicted octanol–water partition coefficient (Wildman–Crippen LogP) is 3.57. The highest BCUT2D eigenvalue weighted by molar-refractivity contribution is 5.58. The first kappa shape index (κ1) is 19.0. The van der Waals surface area contributed by atoms with Gasteiger partial charge in [-0.2, -0.15) is 4.68 Å². The first-order valence-corrected chi connectivity index (χ1v) is 9.63. The Hall–Kier alpha value is -3.29. The largest absolute Gasteiger partial charge is 0.495 e. The van der Waals surface area contributed by atoms with Crippen molar-refractivity contribution in [1.82, 2.24) is 20.2 Å². The van der Waals surface area contributed by atoms with Gasteiger partial charge in [0.15, 0.2) is 17.3 Å². The van der Waals surface area contributed by atoms with Gasteiger partial charge in [0.25, 0.3) is 0 Å². The Morgan fingerprint density at radius 2 is 1.62 bits per heavy atom. The van der Waals surface area contributed by atoms with Crippen molar-refractivity contribution >= 4 is 5.69 Å². The quantitative estimate of drug-likeness (QED) is 0.655. The van der Waals surface area contributed by atoms with Crippen molar-refractivity contribution < 1.29 is 14.2 Å². The molecule has 3 aromatic rings. The highest BCUT2D eigenvalue weighted by Gasteiger charge is 2.41. The lowest BCUT2D eigenvalue weighted by Crippen LogP contribution is -2.35. The number of aromatic nitrogens is 4. The Morgan fingerprint density at radius 3 is 2.34 bits per heavy atom. The first-order valence-electron chi connectivity index (χ1n) is 9.63. The molecule has 29 heavy (non-hydrogen) atoms. The molecule has 1 saturated carbocycles. The van der Waals surface area contributed by atoms with Crippen LogP contribution >= 0.6 is 0 Å². The number of ether oxygens (including phenoxy) is 3. The molecule has 0 bridgehead atoms. The van der Waals surface area contributed by atoms with E-state index in [9.17, 15) is 0 Å². The average Bonchev–Trinajstić information content (AvgIpc) is 3.44. The van der Waals surface area contributed by atoms with Crippen molar-refractivity contribution in [3.8, 4) is 22.9 Å². The van der Waals surface area contributed by atoms with Crippen LogP contribution in [0.3, 0.4) is 0 Å². The lowest BCUT2D eigenvalue weighted by atomic mass is 9.95. The van der Waals surface area contributed by atoms with Crippen molar-refractivity contribution in [2.45, 2.75) is 31.2 Å². The minimum absolute atomic E-state index is 0.384. The van der Waals surface area contributed by atoms with Crippen LogP contribution in [0.15, 0.2) is 42.5 Å². The van der Waals surface area contributed by atoms with Crippen LogP contribution in [-0.2, 0) is 5.54 Å². The van der Waals surface area contributed by atoms with E-state index < -0.39 is 0 Å². The van der Waals surface area contributed by atoms with Gasteiger partial charge in [-0.25, -0.2) is 0 Å². The van der Waals surface area contributed by atoms with Gasteiger partial charge >= 0.3 is 0 Å². The normalized spacial score (nSPS) is 15.1. The number of benzene rings is 2. The monoisotopic (exact) mass is 395 g/mol. The van der Waals surface area contributed by atoms with Gasteiger partial charge < -0.3 is 19.5 Å². The third-order valence-electron chi connectivity index (χ3n) is 5.45. The van der Waals surface area contributed by atoms with Crippen molar-refractivity contribution in [3.05, 3.63) is 48.3 Å². The molecule has 8 heteroatoms. The molecule has 0 radical (unpaired) electrons. The number of para-hydroxylation sites is 2. The van der Waals surface area contributed by atoms with Crippen molar-refractivity contribution in [1.29, 1.82) is 0 Å².